The molecule has 0 amide bonds. The summed E-state index contributed by atoms with van der Waals surface area (Å²) in [5, 5.41) is 10.3. The van der Waals surface area contributed by atoms with Gasteiger partial charge < -0.3 is 9.90 Å². The van der Waals surface area contributed by atoms with Gasteiger partial charge in [-0.1, -0.05) is 15.9 Å². The van der Waals surface area contributed by atoms with Crippen LogP contribution >= 0.6 is 27.7 Å². The van der Waals surface area contributed by atoms with Crippen LogP contribution in [0.5, 0.6) is 0 Å². The maximum absolute atomic E-state index is 10.3. The smallest absolute Gasteiger partial charge is 0.0517 e. The lowest BCUT2D eigenvalue weighted by atomic mass is 10.2. The van der Waals surface area contributed by atoms with E-state index in [-0.39, 0.29) is 5.75 Å². The van der Waals surface area contributed by atoms with Gasteiger partial charge in [-0.25, -0.2) is 0 Å². The summed E-state index contributed by atoms with van der Waals surface area (Å²) < 4.78 is 1.05. The minimum absolute atomic E-state index is 0.00190. The lowest BCUT2D eigenvalue weighted by Gasteiger charge is -2.08. The van der Waals surface area contributed by atoms with Crippen LogP contribution in [0.4, 0.5) is 0 Å². The number of carboxylic acids is 1. The molecule has 0 saturated carbocycles. The number of halogens is 1. The first-order valence-corrected chi connectivity index (χ1v) is 5.88. The van der Waals surface area contributed by atoms with E-state index < -0.39 is 5.97 Å². The molecule has 4 heteroatoms. The fourth-order valence-electron chi connectivity index (χ4n) is 1.05. The third-order valence-corrected chi connectivity index (χ3v) is 3.79. The van der Waals surface area contributed by atoms with Crippen molar-refractivity contribution >= 4 is 33.7 Å². The maximum Gasteiger partial charge on any atom is 0.0517 e. The van der Waals surface area contributed by atoms with Crippen LogP contribution in [-0.2, 0) is 4.79 Å². The zero-order valence-electron chi connectivity index (χ0n) is 7.96. The summed E-state index contributed by atoms with van der Waals surface area (Å²) in [7, 11) is 0. The zero-order valence-corrected chi connectivity index (χ0v) is 10.4. The Bertz CT molecular complexity index is 363. The van der Waals surface area contributed by atoms with Crippen LogP contribution in [0.1, 0.15) is 11.1 Å². The second-order valence-corrected chi connectivity index (χ2v) is 4.90. The van der Waals surface area contributed by atoms with Gasteiger partial charge in [0.1, 0.15) is 0 Å². The molecule has 1 aromatic rings. The standard InChI is InChI=1S/C10H11BrO2S/c1-6-4-9(14-5-10(12)13)7(2)3-8(6)11/h3-4H,5H2,1-2H3,(H,12,13)/p-1. The minimum atomic E-state index is -1.03. The van der Waals surface area contributed by atoms with Gasteiger partial charge in [0, 0.05) is 15.1 Å². The Balaban J connectivity index is 2.87. The highest BCUT2D eigenvalue weighted by Gasteiger charge is 2.03. The molecule has 0 N–H and O–H groups in total. The summed E-state index contributed by atoms with van der Waals surface area (Å²) in [6, 6.07) is 3.97. The lowest BCUT2D eigenvalue weighted by molar-refractivity contribution is -0.301. The summed E-state index contributed by atoms with van der Waals surface area (Å²) >= 11 is 4.72. The topological polar surface area (TPSA) is 40.1 Å². The number of thioether (sulfide) groups is 1. The lowest BCUT2D eigenvalue weighted by Crippen LogP contribution is -2.24. The first-order chi connectivity index (χ1) is 6.50. The Kier molecular flexibility index (Phi) is 4.01. The van der Waals surface area contributed by atoms with Crippen molar-refractivity contribution in [2.24, 2.45) is 0 Å². The molecule has 14 heavy (non-hydrogen) atoms. The van der Waals surface area contributed by atoms with E-state index in [1.165, 1.54) is 11.8 Å². The van der Waals surface area contributed by atoms with E-state index in [2.05, 4.69) is 15.9 Å². The SMILES string of the molecule is Cc1cc(SCC(=O)[O-])c(C)cc1Br. The number of aryl methyl sites for hydroxylation is 2. The highest BCUT2D eigenvalue weighted by atomic mass is 79.9. The Morgan fingerprint density at radius 1 is 1.43 bits per heavy atom. The summed E-state index contributed by atoms with van der Waals surface area (Å²) in [4.78, 5) is 11.3. The average molecular weight is 274 g/mol. The van der Waals surface area contributed by atoms with E-state index in [0.29, 0.717) is 0 Å². The van der Waals surface area contributed by atoms with Gasteiger partial charge in [0.2, 0.25) is 0 Å². The fraction of sp³-hybridized carbons (Fsp3) is 0.300. The molecular formula is C10H10BrO2S-. The molecule has 0 spiro atoms. The number of rotatable bonds is 3. The molecule has 2 nitrogen and oxygen atoms in total. The van der Waals surface area contributed by atoms with E-state index in [1.807, 2.05) is 26.0 Å². The number of benzene rings is 1. The largest absolute Gasteiger partial charge is 0.549 e. The number of carboxylic acid groups (broad SMARTS) is 1. The Morgan fingerprint density at radius 3 is 2.64 bits per heavy atom. The van der Waals surface area contributed by atoms with Crippen LogP contribution in [0, 0.1) is 13.8 Å². The van der Waals surface area contributed by atoms with Crippen LogP contribution in [0.25, 0.3) is 0 Å². The van der Waals surface area contributed by atoms with Crippen molar-refractivity contribution in [2.75, 3.05) is 5.75 Å². The number of hydrogen-bond acceptors (Lipinski definition) is 3. The fourth-order valence-corrected chi connectivity index (χ4v) is 2.32. The van der Waals surface area contributed by atoms with Crippen LogP contribution in [0.2, 0.25) is 0 Å². The van der Waals surface area contributed by atoms with Crippen molar-refractivity contribution in [3.8, 4) is 0 Å². The molecule has 1 rings (SSSR count). The molecule has 0 bridgehead atoms. The molecule has 0 aliphatic heterocycles. The van der Waals surface area contributed by atoms with E-state index >= 15 is 0 Å². The molecule has 0 aliphatic rings. The van der Waals surface area contributed by atoms with Crippen molar-refractivity contribution in [3.05, 3.63) is 27.7 Å². The van der Waals surface area contributed by atoms with Crippen molar-refractivity contribution < 1.29 is 9.90 Å². The maximum atomic E-state index is 10.3. The summed E-state index contributed by atoms with van der Waals surface area (Å²) in [5.74, 6) is -1.03. The third-order valence-electron chi connectivity index (χ3n) is 1.80. The van der Waals surface area contributed by atoms with Gasteiger partial charge in [0.25, 0.3) is 0 Å². The highest BCUT2D eigenvalue weighted by molar-refractivity contribution is 9.10. The first kappa shape index (κ1) is 11.6. The molecule has 0 saturated heterocycles. The predicted octanol–water partition coefficient (Wildman–Crippen LogP) is 1.91. The molecule has 1 aromatic carbocycles. The zero-order chi connectivity index (χ0) is 10.7. The molecule has 0 radical (unpaired) electrons. The molecule has 0 fully saturated rings. The van der Waals surface area contributed by atoms with Gasteiger partial charge in [0.05, 0.1) is 5.97 Å². The number of carbonyl (C=O) groups is 1. The van der Waals surface area contributed by atoms with Gasteiger partial charge in [-0.05, 0) is 37.1 Å². The second kappa shape index (κ2) is 4.84. The van der Waals surface area contributed by atoms with Gasteiger partial charge in [-0.15, -0.1) is 11.8 Å². The second-order valence-electron chi connectivity index (χ2n) is 3.03. The van der Waals surface area contributed by atoms with E-state index in [9.17, 15) is 9.90 Å². The Labute approximate surface area is 95.8 Å². The predicted molar refractivity (Wildman–Crippen MR) is 59.3 cm³/mol. The molecule has 0 unspecified atom stereocenters. The number of hydrogen-bond donors (Lipinski definition) is 0. The van der Waals surface area contributed by atoms with Gasteiger partial charge in [0.15, 0.2) is 0 Å². The average Bonchev–Trinajstić information content (AvgIpc) is 2.09. The van der Waals surface area contributed by atoms with Crippen molar-refractivity contribution in [1.82, 2.24) is 0 Å². The number of aliphatic carboxylic acids is 1. The molecule has 0 aliphatic carbocycles. The molecular weight excluding hydrogens is 264 g/mol. The van der Waals surface area contributed by atoms with Crippen LogP contribution < -0.4 is 5.11 Å². The quantitative estimate of drug-likeness (QED) is 0.790. The third kappa shape index (κ3) is 3.03. The Hall–Kier alpha value is -0.480. The van der Waals surface area contributed by atoms with E-state index in [4.69, 9.17) is 0 Å². The highest BCUT2D eigenvalue weighted by Crippen LogP contribution is 2.27. The molecule has 0 aromatic heterocycles. The van der Waals surface area contributed by atoms with Crippen molar-refractivity contribution in [1.29, 1.82) is 0 Å². The summed E-state index contributed by atoms with van der Waals surface area (Å²) in [6.45, 7) is 3.94. The first-order valence-electron chi connectivity index (χ1n) is 4.10. The van der Waals surface area contributed by atoms with Gasteiger partial charge >= 0.3 is 0 Å². The van der Waals surface area contributed by atoms with Gasteiger partial charge in [-0.3, -0.25) is 0 Å². The summed E-state index contributed by atoms with van der Waals surface area (Å²) in [5.41, 5.74) is 2.19. The monoisotopic (exact) mass is 273 g/mol. The summed E-state index contributed by atoms with van der Waals surface area (Å²) in [6.07, 6.45) is 0. The molecule has 0 heterocycles. The van der Waals surface area contributed by atoms with Crippen molar-refractivity contribution in [2.45, 2.75) is 18.7 Å². The van der Waals surface area contributed by atoms with E-state index in [1.54, 1.807) is 0 Å². The molecule has 0 atom stereocenters. The number of carbonyl (C=O) groups excluding carboxylic acids is 1. The van der Waals surface area contributed by atoms with Crippen molar-refractivity contribution in [3.63, 3.8) is 0 Å². The minimum Gasteiger partial charge on any atom is -0.549 e. The van der Waals surface area contributed by atoms with Crippen LogP contribution in [-0.4, -0.2) is 11.7 Å². The Morgan fingerprint density at radius 2 is 2.07 bits per heavy atom. The van der Waals surface area contributed by atoms with Gasteiger partial charge in [-0.2, -0.15) is 0 Å². The van der Waals surface area contributed by atoms with Crippen LogP contribution in [0.15, 0.2) is 21.5 Å². The van der Waals surface area contributed by atoms with E-state index in [0.717, 1.165) is 20.5 Å². The molecule has 76 valence electrons. The van der Waals surface area contributed by atoms with Crippen LogP contribution in [0.3, 0.4) is 0 Å². The normalized spacial score (nSPS) is 10.2.